The number of pyridine rings is 1. The fourth-order valence-corrected chi connectivity index (χ4v) is 3.66. The van der Waals surface area contributed by atoms with E-state index < -0.39 is 5.97 Å². The lowest BCUT2D eigenvalue weighted by atomic mass is 10.1. The second kappa shape index (κ2) is 6.10. The summed E-state index contributed by atoms with van der Waals surface area (Å²) in [6.07, 6.45) is 3.17. The summed E-state index contributed by atoms with van der Waals surface area (Å²) in [5, 5.41) is 0.679. The van der Waals surface area contributed by atoms with E-state index in [2.05, 4.69) is 4.98 Å². The zero-order chi connectivity index (χ0) is 17.4. The van der Waals surface area contributed by atoms with E-state index in [9.17, 15) is 4.79 Å². The molecular weight excluding hydrogens is 340 g/mol. The summed E-state index contributed by atoms with van der Waals surface area (Å²) in [4.78, 5) is 17.8. The first-order valence-electron chi connectivity index (χ1n) is 7.67. The van der Waals surface area contributed by atoms with Crippen LogP contribution in [0.1, 0.15) is 16.6 Å². The molecule has 0 saturated heterocycles. The number of rotatable bonds is 4. The molecule has 0 aromatic carbocycles. The van der Waals surface area contributed by atoms with Crippen molar-refractivity contribution in [2.24, 2.45) is 0 Å². The average Bonchev–Trinajstić information content (AvgIpc) is 3.36. The van der Waals surface area contributed by atoms with E-state index >= 15 is 0 Å². The summed E-state index contributed by atoms with van der Waals surface area (Å²) in [5.74, 6) is 0.812. The van der Waals surface area contributed by atoms with Gasteiger partial charge in [-0.3, -0.25) is 0 Å². The minimum absolute atomic E-state index is 0.280. The van der Waals surface area contributed by atoms with Gasteiger partial charge in [0.25, 0.3) is 0 Å². The summed E-state index contributed by atoms with van der Waals surface area (Å²) < 4.78 is 16.1. The van der Waals surface area contributed by atoms with E-state index in [0.29, 0.717) is 38.0 Å². The molecular formula is C18H14N2O4S. The first kappa shape index (κ1) is 15.5. The molecule has 0 atom stereocenters. The number of nitrogens with zero attached hydrogens (tertiary/aromatic N) is 1. The van der Waals surface area contributed by atoms with Crippen LogP contribution in [0.15, 0.2) is 51.7 Å². The van der Waals surface area contributed by atoms with Gasteiger partial charge in [0.2, 0.25) is 0 Å². The van der Waals surface area contributed by atoms with Crippen molar-refractivity contribution in [3.63, 3.8) is 0 Å². The van der Waals surface area contributed by atoms with Gasteiger partial charge in [-0.2, -0.15) is 0 Å². The fraction of sp³-hybridized carbons (Fsp3) is 0.111. The highest BCUT2D eigenvalue weighted by Crippen LogP contribution is 2.41. The lowest BCUT2D eigenvalue weighted by Crippen LogP contribution is -2.04. The van der Waals surface area contributed by atoms with Crippen LogP contribution in [0, 0.1) is 0 Å². The molecule has 126 valence electrons. The number of carbonyl (C=O) groups excluding carboxylic acids is 1. The second-order valence-corrected chi connectivity index (χ2v) is 6.25. The van der Waals surface area contributed by atoms with E-state index in [4.69, 9.17) is 19.3 Å². The maximum absolute atomic E-state index is 12.2. The van der Waals surface area contributed by atoms with Crippen molar-refractivity contribution in [2.75, 3.05) is 12.3 Å². The van der Waals surface area contributed by atoms with Crippen molar-refractivity contribution in [3.8, 4) is 22.8 Å². The highest BCUT2D eigenvalue weighted by atomic mass is 32.1. The van der Waals surface area contributed by atoms with Crippen molar-refractivity contribution >= 4 is 33.2 Å². The Morgan fingerprint density at radius 3 is 2.60 bits per heavy atom. The van der Waals surface area contributed by atoms with Gasteiger partial charge in [-0.25, -0.2) is 9.78 Å². The van der Waals surface area contributed by atoms with Gasteiger partial charge in [0.05, 0.1) is 24.8 Å². The van der Waals surface area contributed by atoms with Crippen molar-refractivity contribution in [2.45, 2.75) is 6.92 Å². The molecule has 6 nitrogen and oxygen atoms in total. The number of nitrogens with two attached hydrogens (primary N) is 1. The van der Waals surface area contributed by atoms with Gasteiger partial charge in [0.15, 0.2) is 5.76 Å². The number of aromatic nitrogens is 1. The first-order chi connectivity index (χ1) is 12.2. The molecule has 0 aliphatic rings. The molecule has 0 saturated carbocycles. The zero-order valence-electron chi connectivity index (χ0n) is 13.3. The molecule has 0 amide bonds. The molecule has 0 aliphatic carbocycles. The lowest BCUT2D eigenvalue weighted by Gasteiger charge is -2.05. The van der Waals surface area contributed by atoms with Crippen LogP contribution in [0.2, 0.25) is 0 Å². The van der Waals surface area contributed by atoms with Crippen LogP contribution in [0.4, 0.5) is 5.69 Å². The number of hydrogen-bond donors (Lipinski definition) is 1. The molecule has 7 heteroatoms. The molecule has 4 aromatic rings. The smallest absolute Gasteiger partial charge is 0.350 e. The fourth-order valence-electron chi connectivity index (χ4n) is 2.65. The third-order valence-electron chi connectivity index (χ3n) is 3.72. The number of anilines is 1. The molecule has 4 heterocycles. The van der Waals surface area contributed by atoms with Crippen LogP contribution >= 0.6 is 11.3 Å². The normalized spacial score (nSPS) is 11.1. The van der Waals surface area contributed by atoms with Crippen LogP contribution in [-0.4, -0.2) is 17.6 Å². The Balaban J connectivity index is 2.00. The van der Waals surface area contributed by atoms with Gasteiger partial charge in [-0.05, 0) is 37.3 Å². The number of hydrogen-bond acceptors (Lipinski definition) is 7. The summed E-state index contributed by atoms with van der Waals surface area (Å²) in [7, 11) is 0. The lowest BCUT2D eigenvalue weighted by molar-refractivity contribution is 0.0533. The number of carbonyl (C=O) groups is 1. The standard InChI is InChI=1S/C18H14N2O4S/c1-2-22-18(21)16-15(19)14-10(12-5-3-7-23-12)9-11(20-17(14)25-16)13-6-4-8-24-13/h3-9H,2,19H2,1H3. The molecule has 25 heavy (non-hydrogen) atoms. The average molecular weight is 354 g/mol. The Morgan fingerprint density at radius 2 is 1.96 bits per heavy atom. The molecule has 0 bridgehead atoms. The molecule has 0 aliphatic heterocycles. The molecule has 0 radical (unpaired) electrons. The van der Waals surface area contributed by atoms with Crippen LogP contribution in [0.25, 0.3) is 33.0 Å². The minimum atomic E-state index is -0.451. The zero-order valence-corrected chi connectivity index (χ0v) is 14.1. The van der Waals surface area contributed by atoms with E-state index in [0.717, 1.165) is 5.56 Å². The second-order valence-electron chi connectivity index (χ2n) is 5.26. The van der Waals surface area contributed by atoms with Crippen LogP contribution in [-0.2, 0) is 4.74 Å². The summed E-state index contributed by atoms with van der Waals surface area (Å²) in [6.45, 7) is 2.03. The van der Waals surface area contributed by atoms with E-state index in [1.165, 1.54) is 11.3 Å². The summed E-state index contributed by atoms with van der Waals surface area (Å²) >= 11 is 1.20. The molecule has 2 N–H and O–H groups in total. The Bertz CT molecular complexity index is 1030. The van der Waals surface area contributed by atoms with Gasteiger partial charge in [-0.1, -0.05) is 0 Å². The molecule has 0 unspecified atom stereocenters. The van der Waals surface area contributed by atoms with Crippen molar-refractivity contribution in [1.82, 2.24) is 4.98 Å². The van der Waals surface area contributed by atoms with Gasteiger partial charge in [0, 0.05) is 10.9 Å². The highest BCUT2D eigenvalue weighted by molar-refractivity contribution is 7.21. The van der Waals surface area contributed by atoms with Gasteiger partial charge < -0.3 is 19.3 Å². The Hall–Kier alpha value is -3.06. The van der Waals surface area contributed by atoms with Gasteiger partial charge >= 0.3 is 5.97 Å². The number of esters is 1. The number of fused-ring (bicyclic) bond motifs is 1. The summed E-state index contributed by atoms with van der Waals surface area (Å²) in [5.41, 5.74) is 8.00. The number of thiophene rings is 1. The summed E-state index contributed by atoms with van der Waals surface area (Å²) in [6, 6.07) is 9.09. The topological polar surface area (TPSA) is 91.5 Å². The van der Waals surface area contributed by atoms with Crippen LogP contribution in [0.5, 0.6) is 0 Å². The predicted molar refractivity (Wildman–Crippen MR) is 95.4 cm³/mol. The van der Waals surface area contributed by atoms with Crippen molar-refractivity contribution in [3.05, 3.63) is 47.7 Å². The Morgan fingerprint density at radius 1 is 1.24 bits per heavy atom. The van der Waals surface area contributed by atoms with Gasteiger partial charge in [0.1, 0.15) is 21.2 Å². The van der Waals surface area contributed by atoms with E-state index in [1.54, 1.807) is 31.6 Å². The Kier molecular flexibility index (Phi) is 3.77. The van der Waals surface area contributed by atoms with E-state index in [-0.39, 0.29) is 6.61 Å². The van der Waals surface area contributed by atoms with Crippen molar-refractivity contribution in [1.29, 1.82) is 0 Å². The first-order valence-corrected chi connectivity index (χ1v) is 8.48. The third kappa shape index (κ3) is 2.58. The quantitative estimate of drug-likeness (QED) is 0.540. The molecule has 4 aromatic heterocycles. The largest absolute Gasteiger partial charge is 0.464 e. The molecule has 4 rings (SSSR count). The van der Waals surface area contributed by atoms with Crippen LogP contribution < -0.4 is 5.73 Å². The Labute approximate surface area is 146 Å². The number of ether oxygens (including phenoxy) is 1. The molecule has 0 spiro atoms. The SMILES string of the molecule is CCOC(=O)c1sc2nc(-c3ccco3)cc(-c3ccco3)c2c1N. The highest BCUT2D eigenvalue weighted by Gasteiger charge is 2.23. The van der Waals surface area contributed by atoms with E-state index in [1.807, 2.05) is 18.2 Å². The monoisotopic (exact) mass is 354 g/mol. The minimum Gasteiger partial charge on any atom is -0.464 e. The predicted octanol–water partition coefficient (Wildman–Crippen LogP) is 4.58. The number of furan rings is 2. The molecule has 0 fully saturated rings. The van der Waals surface area contributed by atoms with Crippen LogP contribution in [0.3, 0.4) is 0 Å². The van der Waals surface area contributed by atoms with Crippen molar-refractivity contribution < 1.29 is 18.4 Å². The van der Waals surface area contributed by atoms with Gasteiger partial charge in [-0.15, -0.1) is 11.3 Å². The third-order valence-corrected chi connectivity index (χ3v) is 4.80. The maximum Gasteiger partial charge on any atom is 0.350 e. The number of nitrogen functional groups attached to an aromatic ring is 1. The maximum atomic E-state index is 12.2.